The summed E-state index contributed by atoms with van der Waals surface area (Å²) >= 11 is 0. The first-order valence-electron chi connectivity index (χ1n) is 3.47. The number of rotatable bonds is 0. The third-order valence-electron chi connectivity index (χ3n) is 1.46. The van der Waals surface area contributed by atoms with Gasteiger partial charge in [-0.1, -0.05) is 0 Å². The van der Waals surface area contributed by atoms with Crippen molar-refractivity contribution in [2.75, 3.05) is 0 Å². The second-order valence-electron chi connectivity index (χ2n) is 2.54. The second-order valence-corrected chi connectivity index (χ2v) is 2.54. The van der Waals surface area contributed by atoms with E-state index in [4.69, 9.17) is 10.00 Å². The molecule has 1 rings (SSSR count). The average Bonchev–Trinajstić information content (AvgIpc) is 2.01. The van der Waals surface area contributed by atoms with Crippen LogP contribution in [0.2, 0.25) is 0 Å². The van der Waals surface area contributed by atoms with E-state index >= 15 is 0 Å². The Labute approximate surface area is 72.9 Å². The van der Waals surface area contributed by atoms with Gasteiger partial charge in [0, 0.05) is 0 Å². The maximum atomic E-state index is 12.1. The molecule has 0 aliphatic carbocycles. The lowest BCUT2D eigenvalue weighted by atomic mass is 10.1. The van der Waals surface area contributed by atoms with Gasteiger partial charge < -0.3 is 4.74 Å². The first-order chi connectivity index (χ1) is 5.93. The molecule has 1 aliphatic rings. The van der Waals surface area contributed by atoms with Gasteiger partial charge in [-0.15, -0.1) is 0 Å². The number of alkyl halides is 3. The van der Waals surface area contributed by atoms with E-state index in [-0.39, 0.29) is 5.76 Å². The fourth-order valence-electron chi connectivity index (χ4n) is 0.938. The first-order valence-corrected chi connectivity index (χ1v) is 3.47. The SMILES string of the molecule is CC1=CC(C(F)(F)F)=CC(C#N)O1. The monoisotopic (exact) mass is 189 g/mol. The molecule has 70 valence electrons. The standard InChI is InChI=1S/C8H6F3NO/c1-5-2-6(8(9,10)11)3-7(4-12)13-5/h2-3,7H,1H3. The molecule has 1 unspecified atom stereocenters. The van der Waals surface area contributed by atoms with Gasteiger partial charge in [0.15, 0.2) is 0 Å². The quantitative estimate of drug-likeness (QED) is 0.585. The van der Waals surface area contributed by atoms with Crippen molar-refractivity contribution in [1.82, 2.24) is 0 Å². The molecule has 1 aliphatic heterocycles. The summed E-state index contributed by atoms with van der Waals surface area (Å²) in [6.07, 6.45) is -3.93. The van der Waals surface area contributed by atoms with E-state index in [0.29, 0.717) is 0 Å². The third kappa shape index (κ3) is 2.25. The molecule has 0 radical (unpaired) electrons. The fourth-order valence-corrected chi connectivity index (χ4v) is 0.938. The lowest BCUT2D eigenvalue weighted by Crippen LogP contribution is -2.19. The summed E-state index contributed by atoms with van der Waals surface area (Å²) in [7, 11) is 0. The zero-order chi connectivity index (χ0) is 10.1. The number of ether oxygens (including phenoxy) is 1. The molecule has 1 heterocycles. The number of hydrogen-bond donors (Lipinski definition) is 0. The van der Waals surface area contributed by atoms with Gasteiger partial charge in [-0.2, -0.15) is 18.4 Å². The Balaban J connectivity index is 2.98. The highest BCUT2D eigenvalue weighted by atomic mass is 19.4. The first kappa shape index (κ1) is 9.65. The smallest absolute Gasteiger partial charge is 0.416 e. The van der Waals surface area contributed by atoms with Crippen molar-refractivity contribution in [1.29, 1.82) is 5.26 Å². The Kier molecular flexibility index (Phi) is 2.32. The highest BCUT2D eigenvalue weighted by Gasteiger charge is 2.34. The van der Waals surface area contributed by atoms with Crippen molar-refractivity contribution in [3.8, 4) is 6.07 Å². The van der Waals surface area contributed by atoms with Crippen LogP contribution in [0.25, 0.3) is 0 Å². The number of halogens is 3. The molecule has 0 aromatic heterocycles. The number of hydrogen-bond acceptors (Lipinski definition) is 2. The normalized spacial score (nSPS) is 22.5. The van der Waals surface area contributed by atoms with Gasteiger partial charge in [0.1, 0.15) is 6.07 Å². The third-order valence-corrected chi connectivity index (χ3v) is 1.46. The van der Waals surface area contributed by atoms with E-state index in [1.807, 2.05) is 0 Å². The Morgan fingerprint density at radius 2 is 2.15 bits per heavy atom. The largest absolute Gasteiger partial charge is 0.476 e. The molecule has 13 heavy (non-hydrogen) atoms. The highest BCUT2D eigenvalue weighted by molar-refractivity contribution is 5.31. The molecule has 0 saturated heterocycles. The van der Waals surface area contributed by atoms with Crippen molar-refractivity contribution < 1.29 is 17.9 Å². The molecule has 2 nitrogen and oxygen atoms in total. The van der Waals surface area contributed by atoms with Crippen molar-refractivity contribution in [2.24, 2.45) is 0 Å². The minimum atomic E-state index is -4.42. The van der Waals surface area contributed by atoms with Crippen LogP contribution in [0.4, 0.5) is 13.2 Å². The van der Waals surface area contributed by atoms with Crippen LogP contribution in [-0.4, -0.2) is 12.3 Å². The maximum absolute atomic E-state index is 12.1. The molecule has 0 aromatic carbocycles. The van der Waals surface area contributed by atoms with Gasteiger partial charge >= 0.3 is 6.18 Å². The summed E-state index contributed by atoms with van der Waals surface area (Å²) in [4.78, 5) is 0. The van der Waals surface area contributed by atoms with Gasteiger partial charge in [0.2, 0.25) is 6.10 Å². The average molecular weight is 189 g/mol. The lowest BCUT2D eigenvalue weighted by Gasteiger charge is -2.18. The number of nitriles is 1. The summed E-state index contributed by atoms with van der Waals surface area (Å²) in [5, 5.41) is 8.38. The maximum Gasteiger partial charge on any atom is 0.416 e. The minimum absolute atomic E-state index is 0.0985. The zero-order valence-corrected chi connectivity index (χ0v) is 6.72. The second kappa shape index (κ2) is 3.13. The van der Waals surface area contributed by atoms with E-state index in [2.05, 4.69) is 0 Å². The predicted molar refractivity (Wildman–Crippen MR) is 38.4 cm³/mol. The van der Waals surface area contributed by atoms with E-state index in [1.54, 1.807) is 6.07 Å². The van der Waals surface area contributed by atoms with Gasteiger partial charge in [-0.05, 0) is 19.1 Å². The van der Waals surface area contributed by atoms with E-state index in [0.717, 1.165) is 12.2 Å². The van der Waals surface area contributed by atoms with Crippen LogP contribution >= 0.6 is 0 Å². The van der Waals surface area contributed by atoms with Crippen LogP contribution in [0.15, 0.2) is 23.5 Å². The number of nitrogens with zero attached hydrogens (tertiary/aromatic N) is 1. The summed E-state index contributed by atoms with van der Waals surface area (Å²) in [6.45, 7) is 1.38. The summed E-state index contributed by atoms with van der Waals surface area (Å²) in [5.41, 5.74) is -0.831. The molecule has 0 saturated carbocycles. The van der Waals surface area contributed by atoms with Crippen LogP contribution in [-0.2, 0) is 4.74 Å². The molecule has 0 fully saturated rings. The zero-order valence-electron chi connectivity index (χ0n) is 6.72. The van der Waals surface area contributed by atoms with Crippen molar-refractivity contribution >= 4 is 0 Å². The predicted octanol–water partition coefficient (Wildman–Crippen LogP) is 2.30. The molecule has 1 atom stereocenters. The van der Waals surface area contributed by atoms with Crippen molar-refractivity contribution in [2.45, 2.75) is 19.2 Å². The Morgan fingerprint density at radius 1 is 1.54 bits per heavy atom. The molecule has 0 spiro atoms. The lowest BCUT2D eigenvalue weighted by molar-refractivity contribution is -0.0901. The van der Waals surface area contributed by atoms with Crippen LogP contribution in [0, 0.1) is 11.3 Å². The van der Waals surface area contributed by atoms with Crippen LogP contribution in [0.1, 0.15) is 6.92 Å². The molecule has 0 aromatic rings. The minimum Gasteiger partial charge on any atom is -0.476 e. The van der Waals surface area contributed by atoms with Gasteiger partial charge in [-0.25, -0.2) is 0 Å². The number of allylic oxidation sites excluding steroid dienone is 3. The Hall–Kier alpha value is -1.44. The molecule has 0 N–H and O–H groups in total. The molecule has 5 heteroatoms. The molecule has 0 bridgehead atoms. The molecular weight excluding hydrogens is 183 g/mol. The van der Waals surface area contributed by atoms with Crippen molar-refractivity contribution in [3.05, 3.63) is 23.5 Å². The highest BCUT2D eigenvalue weighted by Crippen LogP contribution is 2.30. The summed E-state index contributed by atoms with van der Waals surface area (Å²) in [6, 6.07) is 1.60. The Bertz CT molecular complexity index is 308. The molecule has 0 amide bonds. The van der Waals surface area contributed by atoms with E-state index in [1.165, 1.54) is 6.92 Å². The van der Waals surface area contributed by atoms with Crippen LogP contribution in [0.5, 0.6) is 0 Å². The summed E-state index contributed by atoms with van der Waals surface area (Å²) < 4.78 is 41.2. The van der Waals surface area contributed by atoms with Gasteiger partial charge in [0.05, 0.1) is 11.3 Å². The van der Waals surface area contributed by atoms with E-state index < -0.39 is 17.9 Å². The van der Waals surface area contributed by atoms with Crippen molar-refractivity contribution in [3.63, 3.8) is 0 Å². The van der Waals surface area contributed by atoms with Gasteiger partial charge in [-0.3, -0.25) is 0 Å². The van der Waals surface area contributed by atoms with Gasteiger partial charge in [0.25, 0.3) is 0 Å². The molecular formula is C8H6F3NO. The summed E-state index contributed by atoms with van der Waals surface area (Å²) in [5.74, 6) is 0.0985. The topological polar surface area (TPSA) is 33.0 Å². The van der Waals surface area contributed by atoms with Crippen LogP contribution in [0.3, 0.4) is 0 Å². The van der Waals surface area contributed by atoms with Crippen LogP contribution < -0.4 is 0 Å². The fraction of sp³-hybridized carbons (Fsp3) is 0.375. The Morgan fingerprint density at radius 3 is 2.62 bits per heavy atom. The van der Waals surface area contributed by atoms with E-state index in [9.17, 15) is 13.2 Å².